The molecule has 1 fully saturated rings. The summed E-state index contributed by atoms with van der Waals surface area (Å²) in [5.41, 5.74) is 3.03. The first-order chi connectivity index (χ1) is 23.5. The summed E-state index contributed by atoms with van der Waals surface area (Å²) < 4.78 is 17.6. The first kappa shape index (κ1) is 38.8. The van der Waals surface area contributed by atoms with E-state index in [0.29, 0.717) is 59.2 Å². The number of aromatic nitrogens is 1. The van der Waals surface area contributed by atoms with Crippen LogP contribution in [0.2, 0.25) is 0 Å². The number of nitrogens with zero attached hydrogens (tertiary/aromatic N) is 2. The van der Waals surface area contributed by atoms with Crippen molar-refractivity contribution >= 4 is 29.6 Å². The Kier molecular flexibility index (Phi) is 13.1. The molecular weight excluding hydrogens is 653 g/mol. The van der Waals surface area contributed by atoms with Crippen LogP contribution in [0.4, 0.5) is 10.5 Å². The number of carbonyl (C=O) groups excluding carboxylic acids is 2. The van der Waals surface area contributed by atoms with Gasteiger partial charge in [0.25, 0.3) is 5.91 Å². The van der Waals surface area contributed by atoms with Gasteiger partial charge in [0.15, 0.2) is 11.5 Å². The molecule has 0 spiro atoms. The van der Waals surface area contributed by atoms with Gasteiger partial charge < -0.3 is 29.3 Å². The summed E-state index contributed by atoms with van der Waals surface area (Å²) >= 11 is 1.47. The summed E-state index contributed by atoms with van der Waals surface area (Å²) in [6.07, 6.45) is 4.04. The van der Waals surface area contributed by atoms with E-state index < -0.39 is 5.60 Å². The minimum atomic E-state index is -0.505. The van der Waals surface area contributed by atoms with Gasteiger partial charge in [-0.1, -0.05) is 45.6 Å². The van der Waals surface area contributed by atoms with Crippen molar-refractivity contribution in [2.45, 2.75) is 92.6 Å². The lowest BCUT2D eigenvalue weighted by molar-refractivity contribution is 0.0184. The van der Waals surface area contributed by atoms with Gasteiger partial charge in [-0.05, 0) is 118 Å². The van der Waals surface area contributed by atoms with E-state index in [9.17, 15) is 9.59 Å². The van der Waals surface area contributed by atoms with Gasteiger partial charge in [0, 0.05) is 42.4 Å². The van der Waals surface area contributed by atoms with Crippen molar-refractivity contribution < 1.29 is 28.6 Å². The highest BCUT2D eigenvalue weighted by Crippen LogP contribution is 2.40. The second kappa shape index (κ2) is 16.8. The number of methoxy groups -OCH3 is 1. The van der Waals surface area contributed by atoms with Crippen molar-refractivity contribution in [1.29, 1.82) is 0 Å². The number of rotatable bonds is 12. The predicted octanol–water partition coefficient (Wildman–Crippen LogP) is 9.12. The molecule has 0 atom stereocenters. The molecule has 11 heteroatoms. The van der Waals surface area contributed by atoms with Crippen molar-refractivity contribution in [3.63, 3.8) is 0 Å². The molecule has 1 aliphatic rings. The van der Waals surface area contributed by atoms with Crippen LogP contribution in [-0.2, 0) is 16.6 Å². The molecule has 10 nitrogen and oxygen atoms in total. The molecule has 2 heterocycles. The summed E-state index contributed by atoms with van der Waals surface area (Å²) in [5, 5.41) is 3.05. The highest BCUT2D eigenvalue weighted by molar-refractivity contribution is 7.97. The fraction of sp³-hybridized carbons (Fsp3) is 0.513. The van der Waals surface area contributed by atoms with Gasteiger partial charge >= 0.3 is 6.09 Å². The van der Waals surface area contributed by atoms with Gasteiger partial charge in [-0.2, -0.15) is 0 Å². The van der Waals surface area contributed by atoms with Crippen LogP contribution in [0.3, 0.4) is 0 Å². The van der Waals surface area contributed by atoms with E-state index >= 15 is 0 Å². The fourth-order valence-electron chi connectivity index (χ4n) is 5.44. The second-order valence-corrected chi connectivity index (χ2v) is 16.1. The largest absolute Gasteiger partial charge is 0.491 e. The Labute approximate surface area is 302 Å². The van der Waals surface area contributed by atoms with Crippen LogP contribution in [-0.4, -0.2) is 53.4 Å². The molecule has 3 aromatic rings. The van der Waals surface area contributed by atoms with Crippen molar-refractivity contribution in [3.05, 3.63) is 71.0 Å². The van der Waals surface area contributed by atoms with Crippen LogP contribution in [0.25, 0.3) is 0 Å². The lowest BCUT2D eigenvalue weighted by Crippen LogP contribution is -2.42. The van der Waals surface area contributed by atoms with E-state index in [1.807, 2.05) is 58.0 Å². The summed E-state index contributed by atoms with van der Waals surface area (Å²) in [4.78, 5) is 41.4. The van der Waals surface area contributed by atoms with Crippen LogP contribution in [0.15, 0.2) is 48.7 Å². The minimum absolute atomic E-state index is 0.208. The topological polar surface area (TPSA) is 111 Å². The van der Waals surface area contributed by atoms with Crippen molar-refractivity contribution in [2.75, 3.05) is 31.3 Å². The molecule has 0 saturated carbocycles. The third kappa shape index (κ3) is 11.3. The summed E-state index contributed by atoms with van der Waals surface area (Å²) in [7, 11) is 1.56. The number of benzene rings is 2. The van der Waals surface area contributed by atoms with E-state index in [1.54, 1.807) is 30.3 Å². The standard InChI is InChI=1S/C39H54N4O6S/c1-25(2)24-50-42-49-34-22-29(38(4,5)6)21-32(35(34)46-10)41-36(44)28-12-11-26(3)33(20-28)47-31-13-16-40-30(23-31)19-27-14-17-43(18-15-27)37(45)48-39(7,8)9/h11-13,16,20-23,25,27,42H,14-15,17-19,24H2,1-10H3,(H,41,44). The summed E-state index contributed by atoms with van der Waals surface area (Å²) in [6, 6.07) is 13.0. The summed E-state index contributed by atoms with van der Waals surface area (Å²) in [6.45, 7) is 19.5. The number of piperidine rings is 1. The van der Waals surface area contributed by atoms with Crippen molar-refractivity contribution in [2.24, 2.45) is 11.8 Å². The van der Waals surface area contributed by atoms with E-state index in [4.69, 9.17) is 19.0 Å². The van der Waals surface area contributed by atoms with Crippen LogP contribution < -0.4 is 24.5 Å². The number of anilines is 1. The Morgan fingerprint density at radius 3 is 2.36 bits per heavy atom. The Morgan fingerprint density at radius 2 is 1.72 bits per heavy atom. The highest BCUT2D eigenvalue weighted by Gasteiger charge is 2.27. The monoisotopic (exact) mass is 706 g/mol. The van der Waals surface area contributed by atoms with E-state index in [-0.39, 0.29) is 17.4 Å². The third-order valence-electron chi connectivity index (χ3n) is 8.23. The normalized spacial score (nSPS) is 14.0. The Bertz CT molecular complexity index is 1620. The SMILES string of the molecule is COc1c(NC(=O)c2ccc(C)c(Oc3ccnc(CC4CCN(C(=O)OC(C)(C)C)CC4)c3)c2)cc(C(C)(C)C)cc1ONSCC(C)C. The highest BCUT2D eigenvalue weighted by atomic mass is 32.2. The van der Waals surface area contributed by atoms with Gasteiger partial charge in [-0.15, -0.1) is 0 Å². The number of nitrogens with one attached hydrogen (secondary N) is 2. The number of aryl methyl sites for hydroxylation is 1. The molecule has 1 aromatic heterocycles. The minimum Gasteiger partial charge on any atom is -0.491 e. The van der Waals surface area contributed by atoms with Crippen LogP contribution in [0.1, 0.15) is 95.4 Å². The number of hydrogen-bond donors (Lipinski definition) is 2. The van der Waals surface area contributed by atoms with Crippen LogP contribution in [0.5, 0.6) is 23.0 Å². The van der Waals surface area contributed by atoms with Crippen molar-refractivity contribution in [1.82, 2.24) is 14.8 Å². The Morgan fingerprint density at radius 1 is 1.00 bits per heavy atom. The zero-order chi connectivity index (χ0) is 36.6. The number of pyridine rings is 1. The first-order valence-corrected chi connectivity index (χ1v) is 18.3. The molecule has 1 aliphatic heterocycles. The third-order valence-corrected chi connectivity index (χ3v) is 9.27. The molecule has 0 bridgehead atoms. The predicted molar refractivity (Wildman–Crippen MR) is 200 cm³/mol. The summed E-state index contributed by atoms with van der Waals surface area (Å²) in [5.74, 6) is 3.60. The number of likely N-dealkylation sites (tertiary alicyclic amines) is 1. The lowest BCUT2D eigenvalue weighted by atomic mass is 9.86. The molecular formula is C39H54N4O6S. The number of ether oxygens (including phenoxy) is 3. The van der Waals surface area contributed by atoms with Gasteiger partial charge in [-0.25, -0.2) is 4.79 Å². The molecule has 1 saturated heterocycles. The molecule has 50 heavy (non-hydrogen) atoms. The molecule has 4 rings (SSSR count). The van der Waals surface area contributed by atoms with Gasteiger partial charge in [0.05, 0.1) is 12.8 Å². The molecule has 2 amide bonds. The van der Waals surface area contributed by atoms with Gasteiger partial charge in [-0.3, -0.25) is 9.78 Å². The molecule has 272 valence electrons. The van der Waals surface area contributed by atoms with E-state index in [1.165, 1.54) is 11.9 Å². The molecule has 0 aliphatic carbocycles. The second-order valence-electron chi connectivity index (χ2n) is 15.3. The van der Waals surface area contributed by atoms with E-state index in [2.05, 4.69) is 49.8 Å². The first-order valence-electron chi connectivity index (χ1n) is 17.3. The molecule has 2 N–H and O–H groups in total. The van der Waals surface area contributed by atoms with Crippen LogP contribution >= 0.6 is 11.9 Å². The number of hydrogen-bond acceptors (Lipinski definition) is 9. The average Bonchev–Trinajstić information content (AvgIpc) is 3.03. The van der Waals surface area contributed by atoms with Crippen LogP contribution in [0, 0.1) is 18.8 Å². The number of carbonyl (C=O) groups is 2. The Balaban J connectivity index is 1.45. The van der Waals surface area contributed by atoms with Crippen molar-refractivity contribution in [3.8, 4) is 23.0 Å². The van der Waals surface area contributed by atoms with E-state index in [0.717, 1.165) is 41.8 Å². The maximum atomic E-state index is 13.7. The fourth-order valence-corrected chi connectivity index (χ4v) is 5.99. The zero-order valence-corrected chi connectivity index (χ0v) is 32.1. The maximum absolute atomic E-state index is 13.7. The molecule has 0 unspecified atom stereocenters. The smallest absolute Gasteiger partial charge is 0.410 e. The average molecular weight is 707 g/mol. The van der Waals surface area contributed by atoms with Gasteiger partial charge in [0.1, 0.15) is 17.1 Å². The van der Waals surface area contributed by atoms with Gasteiger partial charge in [0.2, 0.25) is 0 Å². The number of amides is 2. The molecule has 0 radical (unpaired) electrons. The zero-order valence-electron chi connectivity index (χ0n) is 31.3. The molecule has 2 aromatic carbocycles. The Hall–Kier alpha value is -3.96. The quantitative estimate of drug-likeness (QED) is 0.108. The lowest BCUT2D eigenvalue weighted by Gasteiger charge is -2.33. The maximum Gasteiger partial charge on any atom is 0.410 e.